The monoisotopic (exact) mass is 335 g/mol. The van der Waals surface area contributed by atoms with E-state index >= 15 is 0 Å². The Morgan fingerprint density at radius 2 is 1.77 bits per heavy atom. The quantitative estimate of drug-likeness (QED) is 0.336. The van der Waals surface area contributed by atoms with Crippen molar-refractivity contribution in [2.45, 2.75) is 38.4 Å². The molecule has 0 unspecified atom stereocenters. The lowest BCUT2D eigenvalue weighted by Crippen LogP contribution is -2.56. The Morgan fingerprint density at radius 3 is 2.18 bits per heavy atom. The number of rotatable bonds is 10. The molecule has 0 aromatic heterocycles. The number of aliphatic hydroxyl groups excluding tert-OH is 1. The fourth-order valence-electron chi connectivity index (χ4n) is 1.63. The summed E-state index contributed by atoms with van der Waals surface area (Å²) in [5, 5.41) is 22.8. The smallest absolute Gasteiger partial charge is 0.326 e. The Bertz CT molecular complexity index is 392. The highest BCUT2D eigenvalue weighted by atomic mass is 32.2. The number of nitrogens with two attached hydrogens (primary N) is 1. The molecule has 8 nitrogen and oxygen atoms in total. The van der Waals surface area contributed by atoms with E-state index in [2.05, 4.69) is 10.6 Å². The first-order valence-corrected chi connectivity index (χ1v) is 8.32. The van der Waals surface area contributed by atoms with E-state index in [1.165, 1.54) is 11.8 Å². The number of hydrogen-bond donors (Lipinski definition) is 5. The molecule has 0 aromatic rings. The molecule has 0 fully saturated rings. The number of aliphatic carboxylic acids is 1. The molecule has 0 aromatic carbocycles. The van der Waals surface area contributed by atoms with E-state index in [0.717, 1.165) is 0 Å². The number of carboxylic acids is 1. The first-order chi connectivity index (χ1) is 10.2. The Hall–Kier alpha value is -1.32. The molecule has 9 heteroatoms. The molecule has 0 rings (SSSR count). The largest absolute Gasteiger partial charge is 0.480 e. The first kappa shape index (κ1) is 20.7. The van der Waals surface area contributed by atoms with Crippen LogP contribution in [0.5, 0.6) is 0 Å². The predicted molar refractivity (Wildman–Crippen MR) is 84.4 cm³/mol. The molecule has 6 N–H and O–H groups in total. The van der Waals surface area contributed by atoms with E-state index in [0.29, 0.717) is 12.2 Å². The molecule has 0 heterocycles. The fourth-order valence-corrected chi connectivity index (χ4v) is 2.11. The summed E-state index contributed by atoms with van der Waals surface area (Å²) < 4.78 is 0. The van der Waals surface area contributed by atoms with Crippen LogP contribution in [-0.2, 0) is 14.4 Å². The SMILES string of the molecule is CSCC[C@H](NC(=O)[C@@H](N)CO)C(=O)N[C@H](C(=O)O)C(C)C. The number of amides is 2. The molecule has 0 bridgehead atoms. The van der Waals surface area contributed by atoms with Crippen LogP contribution in [0.2, 0.25) is 0 Å². The minimum absolute atomic E-state index is 0.293. The van der Waals surface area contributed by atoms with Gasteiger partial charge in [-0.05, 0) is 24.3 Å². The molecule has 0 saturated heterocycles. The van der Waals surface area contributed by atoms with Crippen LogP contribution < -0.4 is 16.4 Å². The Balaban J connectivity index is 4.89. The maximum absolute atomic E-state index is 12.2. The molecule has 0 aliphatic carbocycles. The number of carbonyl (C=O) groups is 3. The minimum atomic E-state index is -1.13. The van der Waals surface area contributed by atoms with Crippen molar-refractivity contribution in [3.63, 3.8) is 0 Å². The van der Waals surface area contributed by atoms with Gasteiger partial charge in [-0.2, -0.15) is 11.8 Å². The van der Waals surface area contributed by atoms with Gasteiger partial charge in [-0.15, -0.1) is 0 Å². The van der Waals surface area contributed by atoms with Crippen LogP contribution in [0, 0.1) is 5.92 Å². The second-order valence-electron chi connectivity index (χ2n) is 5.20. The zero-order valence-electron chi connectivity index (χ0n) is 13.0. The highest BCUT2D eigenvalue weighted by Crippen LogP contribution is 2.05. The lowest BCUT2D eigenvalue weighted by atomic mass is 10.0. The number of hydrogen-bond acceptors (Lipinski definition) is 6. The maximum atomic E-state index is 12.2. The Kier molecular flexibility index (Phi) is 9.79. The Labute approximate surface area is 134 Å². The van der Waals surface area contributed by atoms with Crippen molar-refractivity contribution in [2.75, 3.05) is 18.6 Å². The highest BCUT2D eigenvalue weighted by Gasteiger charge is 2.29. The molecule has 2 amide bonds. The van der Waals surface area contributed by atoms with Gasteiger partial charge in [0.15, 0.2) is 0 Å². The summed E-state index contributed by atoms with van der Waals surface area (Å²) in [4.78, 5) is 35.1. The minimum Gasteiger partial charge on any atom is -0.480 e. The van der Waals surface area contributed by atoms with Gasteiger partial charge in [0, 0.05) is 0 Å². The molecule has 0 radical (unpaired) electrons. The van der Waals surface area contributed by atoms with E-state index in [1.54, 1.807) is 13.8 Å². The highest BCUT2D eigenvalue weighted by molar-refractivity contribution is 7.98. The fraction of sp³-hybridized carbons (Fsp3) is 0.769. The third kappa shape index (κ3) is 7.10. The molecule has 0 aliphatic rings. The van der Waals surface area contributed by atoms with Gasteiger partial charge in [-0.25, -0.2) is 4.79 Å². The van der Waals surface area contributed by atoms with Gasteiger partial charge in [0.1, 0.15) is 18.1 Å². The summed E-state index contributed by atoms with van der Waals surface area (Å²) in [5.41, 5.74) is 5.40. The molecule has 0 spiro atoms. The van der Waals surface area contributed by atoms with Crippen molar-refractivity contribution < 1.29 is 24.6 Å². The van der Waals surface area contributed by atoms with Crippen molar-refractivity contribution in [3.05, 3.63) is 0 Å². The van der Waals surface area contributed by atoms with Gasteiger partial charge in [0.05, 0.1) is 6.61 Å². The third-order valence-electron chi connectivity index (χ3n) is 3.01. The standard InChI is InChI=1S/C13H25N3O5S/c1-7(2)10(13(20)21)16-12(19)9(4-5-22-3)15-11(18)8(14)6-17/h7-10,17H,4-6,14H2,1-3H3,(H,15,18)(H,16,19)(H,20,21)/t8-,9-,10-/m0/s1. The van der Waals surface area contributed by atoms with Crippen molar-refractivity contribution in [1.82, 2.24) is 10.6 Å². The number of carbonyl (C=O) groups excluding carboxylic acids is 2. The number of thioether (sulfide) groups is 1. The van der Waals surface area contributed by atoms with Crippen LogP contribution in [0.4, 0.5) is 0 Å². The second-order valence-corrected chi connectivity index (χ2v) is 6.19. The Morgan fingerprint density at radius 1 is 1.18 bits per heavy atom. The van der Waals surface area contributed by atoms with Crippen LogP contribution in [0.3, 0.4) is 0 Å². The molecule has 3 atom stereocenters. The molecule has 0 aliphatic heterocycles. The van der Waals surface area contributed by atoms with Gasteiger partial charge in [0.2, 0.25) is 11.8 Å². The van der Waals surface area contributed by atoms with Crippen LogP contribution in [-0.4, -0.2) is 64.7 Å². The number of carboxylic acid groups (broad SMARTS) is 1. The molecule has 128 valence electrons. The predicted octanol–water partition coefficient (Wildman–Crippen LogP) is -1.23. The van der Waals surface area contributed by atoms with Gasteiger partial charge in [-0.1, -0.05) is 13.8 Å². The van der Waals surface area contributed by atoms with Crippen molar-refractivity contribution in [2.24, 2.45) is 11.7 Å². The summed E-state index contributed by atoms with van der Waals surface area (Å²) in [6.45, 7) is 2.82. The van der Waals surface area contributed by atoms with Gasteiger partial charge in [0.25, 0.3) is 0 Å². The van der Waals surface area contributed by atoms with Crippen LogP contribution in [0.15, 0.2) is 0 Å². The van der Waals surface area contributed by atoms with Crippen molar-refractivity contribution in [1.29, 1.82) is 0 Å². The van der Waals surface area contributed by atoms with E-state index in [1.807, 2.05) is 6.26 Å². The van der Waals surface area contributed by atoms with E-state index < -0.39 is 42.5 Å². The van der Waals surface area contributed by atoms with Crippen LogP contribution in [0.25, 0.3) is 0 Å². The van der Waals surface area contributed by atoms with Crippen molar-refractivity contribution in [3.8, 4) is 0 Å². The van der Waals surface area contributed by atoms with Crippen LogP contribution in [0.1, 0.15) is 20.3 Å². The number of nitrogens with one attached hydrogen (secondary N) is 2. The summed E-state index contributed by atoms with van der Waals surface area (Å²) in [5.74, 6) is -2.05. The van der Waals surface area contributed by atoms with Gasteiger partial charge >= 0.3 is 5.97 Å². The maximum Gasteiger partial charge on any atom is 0.326 e. The normalized spacial score (nSPS) is 15.0. The van der Waals surface area contributed by atoms with E-state index in [-0.39, 0.29) is 5.92 Å². The molecular weight excluding hydrogens is 310 g/mol. The van der Waals surface area contributed by atoms with Gasteiger partial charge < -0.3 is 26.6 Å². The summed E-state index contributed by atoms with van der Waals surface area (Å²) in [7, 11) is 0. The van der Waals surface area contributed by atoms with E-state index in [9.17, 15) is 14.4 Å². The molecular formula is C13H25N3O5S. The molecule has 22 heavy (non-hydrogen) atoms. The average molecular weight is 335 g/mol. The average Bonchev–Trinajstić information content (AvgIpc) is 2.46. The first-order valence-electron chi connectivity index (χ1n) is 6.93. The van der Waals surface area contributed by atoms with Gasteiger partial charge in [-0.3, -0.25) is 9.59 Å². The zero-order valence-corrected chi connectivity index (χ0v) is 13.9. The summed E-state index contributed by atoms with van der Waals surface area (Å²) in [6.07, 6.45) is 2.19. The van der Waals surface area contributed by atoms with Crippen LogP contribution >= 0.6 is 11.8 Å². The lowest BCUT2D eigenvalue weighted by molar-refractivity contribution is -0.143. The third-order valence-corrected chi connectivity index (χ3v) is 3.65. The molecule has 0 saturated carbocycles. The zero-order chi connectivity index (χ0) is 17.3. The topological polar surface area (TPSA) is 142 Å². The summed E-state index contributed by atoms with van der Waals surface area (Å²) in [6, 6.07) is -3.05. The van der Waals surface area contributed by atoms with E-state index in [4.69, 9.17) is 15.9 Å². The number of aliphatic hydroxyl groups is 1. The van der Waals surface area contributed by atoms with Crippen molar-refractivity contribution >= 4 is 29.5 Å². The second kappa shape index (κ2) is 10.4. The lowest BCUT2D eigenvalue weighted by Gasteiger charge is -2.24. The summed E-state index contributed by atoms with van der Waals surface area (Å²) >= 11 is 1.49.